The van der Waals surface area contributed by atoms with Crippen LogP contribution in [0.15, 0.2) is 12.4 Å². The normalized spacial score (nSPS) is 33.6. The molecule has 0 aromatic carbocycles. The van der Waals surface area contributed by atoms with Crippen LogP contribution < -0.4 is 4.90 Å². The molecule has 1 saturated carbocycles. The Morgan fingerprint density at radius 3 is 2.54 bits per heavy atom. The van der Waals surface area contributed by atoms with Crippen molar-refractivity contribution < 1.29 is 15.0 Å². The topological polar surface area (TPSA) is 89.8 Å². The molecule has 3 aliphatic rings. The molecule has 0 radical (unpaired) electrons. The van der Waals surface area contributed by atoms with Crippen LogP contribution in [-0.2, 0) is 0 Å². The van der Waals surface area contributed by atoms with E-state index in [2.05, 4.69) is 19.8 Å². The Kier molecular flexibility index (Phi) is 4.14. The van der Waals surface area contributed by atoms with E-state index in [0.717, 1.165) is 39.0 Å². The van der Waals surface area contributed by atoms with Crippen molar-refractivity contribution in [2.45, 2.75) is 37.8 Å². The van der Waals surface area contributed by atoms with Gasteiger partial charge in [-0.1, -0.05) is 0 Å². The van der Waals surface area contributed by atoms with Gasteiger partial charge in [0.25, 0.3) is 0 Å². The first-order valence-corrected chi connectivity index (χ1v) is 8.84. The van der Waals surface area contributed by atoms with Crippen molar-refractivity contribution in [3.8, 4) is 0 Å². The molecule has 1 aliphatic carbocycles. The number of likely N-dealkylation sites (tertiary alicyclic amines) is 1. The van der Waals surface area contributed by atoms with Gasteiger partial charge >= 0.3 is 5.97 Å². The zero-order valence-electron chi connectivity index (χ0n) is 13.7. The van der Waals surface area contributed by atoms with Crippen LogP contribution in [0.25, 0.3) is 0 Å². The number of aliphatic hydroxyl groups excluding tert-OH is 1. The predicted octanol–water partition coefficient (Wildman–Crippen LogP) is 0.846. The molecule has 7 nitrogen and oxygen atoms in total. The SMILES string of the molecule is O=C(O)c1cncc(N2C[C@H]3C[C@@H](N4CCCC4)[C@H](O)C[C@H]3C2)n1. The third kappa shape index (κ3) is 2.86. The highest BCUT2D eigenvalue weighted by Gasteiger charge is 2.44. The molecular weight excluding hydrogens is 308 g/mol. The fraction of sp³-hybridized carbons (Fsp3) is 0.706. The minimum absolute atomic E-state index is 0.0163. The molecular formula is C17H24N4O3. The standard InChI is InChI=1S/C17H24N4O3/c22-15-6-12-10-21(16-8-18-7-13(19-16)17(23)24)9-11(12)5-14(15)20-3-1-2-4-20/h7-8,11-12,14-15,22H,1-6,9-10H2,(H,23,24)/t11-,12+,14-,15-/m1/s1. The summed E-state index contributed by atoms with van der Waals surface area (Å²) in [5.41, 5.74) is -0.0163. The Morgan fingerprint density at radius 1 is 1.12 bits per heavy atom. The predicted molar refractivity (Wildman–Crippen MR) is 88.0 cm³/mol. The fourth-order valence-electron chi connectivity index (χ4n) is 4.67. The summed E-state index contributed by atoms with van der Waals surface area (Å²) in [5, 5.41) is 19.7. The summed E-state index contributed by atoms with van der Waals surface area (Å²) >= 11 is 0. The number of nitrogens with zero attached hydrogens (tertiary/aromatic N) is 4. The second kappa shape index (κ2) is 6.29. The van der Waals surface area contributed by atoms with Crippen LogP contribution in [0, 0.1) is 11.8 Å². The van der Waals surface area contributed by atoms with Gasteiger partial charge in [0.05, 0.1) is 18.5 Å². The van der Waals surface area contributed by atoms with Crippen molar-refractivity contribution in [1.82, 2.24) is 14.9 Å². The summed E-state index contributed by atoms with van der Waals surface area (Å²) in [4.78, 5) is 23.9. The summed E-state index contributed by atoms with van der Waals surface area (Å²) in [6, 6.07) is 0.283. The van der Waals surface area contributed by atoms with Gasteiger partial charge in [-0.3, -0.25) is 9.88 Å². The molecule has 2 aliphatic heterocycles. The number of fused-ring (bicyclic) bond motifs is 1. The van der Waals surface area contributed by atoms with Crippen LogP contribution in [0.5, 0.6) is 0 Å². The Bertz CT molecular complexity index is 620. The average Bonchev–Trinajstić information content (AvgIpc) is 3.23. The first kappa shape index (κ1) is 15.8. The molecule has 3 heterocycles. The second-order valence-electron chi connectivity index (χ2n) is 7.34. The number of rotatable bonds is 3. The van der Waals surface area contributed by atoms with Crippen molar-refractivity contribution in [3.05, 3.63) is 18.1 Å². The molecule has 2 N–H and O–H groups in total. The maximum atomic E-state index is 11.1. The lowest BCUT2D eigenvalue weighted by atomic mass is 9.77. The van der Waals surface area contributed by atoms with Gasteiger partial charge in [-0.2, -0.15) is 0 Å². The van der Waals surface area contributed by atoms with Crippen molar-refractivity contribution in [3.63, 3.8) is 0 Å². The van der Waals surface area contributed by atoms with E-state index in [-0.39, 0.29) is 17.8 Å². The monoisotopic (exact) mass is 332 g/mol. The Morgan fingerprint density at radius 2 is 1.83 bits per heavy atom. The van der Waals surface area contributed by atoms with E-state index in [4.69, 9.17) is 5.11 Å². The van der Waals surface area contributed by atoms with Crippen LogP contribution in [0.4, 0.5) is 5.82 Å². The van der Waals surface area contributed by atoms with E-state index in [0.29, 0.717) is 17.7 Å². The minimum atomic E-state index is -1.05. The highest BCUT2D eigenvalue weighted by Crippen LogP contribution is 2.40. The van der Waals surface area contributed by atoms with Gasteiger partial charge in [-0.15, -0.1) is 0 Å². The maximum absolute atomic E-state index is 11.1. The van der Waals surface area contributed by atoms with Crippen LogP contribution in [0.2, 0.25) is 0 Å². The highest BCUT2D eigenvalue weighted by atomic mass is 16.4. The van der Waals surface area contributed by atoms with E-state index in [1.807, 2.05) is 0 Å². The summed E-state index contributed by atoms with van der Waals surface area (Å²) in [6.45, 7) is 3.91. The molecule has 3 fully saturated rings. The summed E-state index contributed by atoms with van der Waals surface area (Å²) in [6.07, 6.45) is 6.99. The van der Waals surface area contributed by atoms with Gasteiger partial charge in [0.15, 0.2) is 5.69 Å². The van der Waals surface area contributed by atoms with E-state index in [1.54, 1.807) is 6.20 Å². The lowest BCUT2D eigenvalue weighted by Crippen LogP contribution is -2.48. The van der Waals surface area contributed by atoms with Gasteiger partial charge in [-0.25, -0.2) is 9.78 Å². The molecule has 4 rings (SSSR count). The van der Waals surface area contributed by atoms with E-state index in [9.17, 15) is 9.90 Å². The minimum Gasteiger partial charge on any atom is -0.476 e. The number of hydrogen-bond donors (Lipinski definition) is 2. The first-order chi connectivity index (χ1) is 11.6. The largest absolute Gasteiger partial charge is 0.476 e. The molecule has 7 heteroatoms. The van der Waals surface area contributed by atoms with Crippen molar-refractivity contribution in [2.75, 3.05) is 31.1 Å². The van der Waals surface area contributed by atoms with Gasteiger partial charge in [-0.05, 0) is 50.6 Å². The van der Waals surface area contributed by atoms with Crippen LogP contribution >= 0.6 is 0 Å². The molecule has 1 aromatic rings. The van der Waals surface area contributed by atoms with Crippen molar-refractivity contribution in [2.24, 2.45) is 11.8 Å². The van der Waals surface area contributed by atoms with Gasteiger partial charge < -0.3 is 15.1 Å². The van der Waals surface area contributed by atoms with Gasteiger partial charge in [0.2, 0.25) is 0 Å². The van der Waals surface area contributed by atoms with E-state index in [1.165, 1.54) is 19.0 Å². The summed E-state index contributed by atoms with van der Waals surface area (Å²) < 4.78 is 0. The summed E-state index contributed by atoms with van der Waals surface area (Å²) in [5.74, 6) is 0.574. The van der Waals surface area contributed by atoms with Crippen molar-refractivity contribution in [1.29, 1.82) is 0 Å². The van der Waals surface area contributed by atoms with E-state index >= 15 is 0 Å². The van der Waals surface area contributed by atoms with Crippen LogP contribution in [-0.4, -0.2) is 69.4 Å². The average molecular weight is 332 g/mol. The fourth-order valence-corrected chi connectivity index (χ4v) is 4.67. The number of hydrogen-bond acceptors (Lipinski definition) is 6. The Balaban J connectivity index is 1.47. The zero-order valence-corrected chi connectivity index (χ0v) is 13.7. The number of anilines is 1. The molecule has 0 unspecified atom stereocenters. The summed E-state index contributed by atoms with van der Waals surface area (Å²) in [7, 11) is 0. The first-order valence-electron chi connectivity index (χ1n) is 8.84. The van der Waals surface area contributed by atoms with Crippen LogP contribution in [0.3, 0.4) is 0 Å². The number of carboxylic acids is 1. The number of carboxylic acid groups (broad SMARTS) is 1. The molecule has 4 atom stereocenters. The molecule has 2 saturated heterocycles. The number of aromatic nitrogens is 2. The number of aliphatic hydroxyl groups is 1. The van der Waals surface area contributed by atoms with E-state index < -0.39 is 5.97 Å². The molecule has 130 valence electrons. The number of aromatic carboxylic acids is 1. The zero-order chi connectivity index (χ0) is 16.7. The third-order valence-electron chi connectivity index (χ3n) is 5.88. The third-order valence-corrected chi connectivity index (χ3v) is 5.88. The molecule has 0 bridgehead atoms. The molecule has 1 aromatic heterocycles. The van der Waals surface area contributed by atoms with Gasteiger partial charge in [0, 0.05) is 19.1 Å². The molecule has 0 amide bonds. The maximum Gasteiger partial charge on any atom is 0.356 e. The van der Waals surface area contributed by atoms with Gasteiger partial charge in [0.1, 0.15) is 5.82 Å². The highest BCUT2D eigenvalue weighted by molar-refractivity contribution is 5.85. The van der Waals surface area contributed by atoms with Crippen LogP contribution in [0.1, 0.15) is 36.2 Å². The Labute approximate surface area is 141 Å². The number of carbonyl (C=O) groups is 1. The van der Waals surface area contributed by atoms with Crippen molar-refractivity contribution >= 4 is 11.8 Å². The lowest BCUT2D eigenvalue weighted by molar-refractivity contribution is -0.000856. The Hall–Kier alpha value is -1.73. The molecule has 0 spiro atoms. The lowest BCUT2D eigenvalue weighted by Gasteiger charge is -2.40. The smallest absolute Gasteiger partial charge is 0.356 e. The second-order valence-corrected chi connectivity index (χ2v) is 7.34. The quantitative estimate of drug-likeness (QED) is 0.848. The molecule has 24 heavy (non-hydrogen) atoms.